The molecule has 0 bridgehead atoms. The third-order valence-corrected chi connectivity index (χ3v) is 2.97. The molecule has 0 N–H and O–H groups in total. The second-order valence-electron chi connectivity index (χ2n) is 4.76. The quantitative estimate of drug-likeness (QED) is 0.420. The lowest BCUT2D eigenvalue weighted by molar-refractivity contribution is 0.332. The maximum Gasteiger partial charge on any atom is 0.225 e. The minimum atomic E-state index is -1.20. The zero-order valence-corrected chi connectivity index (χ0v) is 11.8. The van der Waals surface area contributed by atoms with Crippen molar-refractivity contribution in [2.24, 2.45) is 5.41 Å². The van der Waals surface area contributed by atoms with E-state index in [4.69, 9.17) is 27.0 Å². The fourth-order valence-corrected chi connectivity index (χ4v) is 1.93. The molecule has 0 fully saturated rings. The van der Waals surface area contributed by atoms with Crippen molar-refractivity contribution < 1.29 is 4.52 Å². The average molecular weight is 259 g/mol. The number of unbranched alkanes of at least 4 members (excludes halogenated alkanes) is 3. The van der Waals surface area contributed by atoms with Gasteiger partial charge in [0, 0.05) is 0 Å². The summed E-state index contributed by atoms with van der Waals surface area (Å²) in [4.78, 5) is 0. The third kappa shape index (κ3) is 13.0. The molecule has 0 radical (unpaired) electrons. The van der Waals surface area contributed by atoms with Gasteiger partial charge in [-0.1, -0.05) is 40.0 Å². The fourth-order valence-electron chi connectivity index (χ4n) is 1.24. The Morgan fingerprint density at radius 1 is 1.00 bits per heavy atom. The molecule has 0 aliphatic heterocycles. The van der Waals surface area contributed by atoms with Gasteiger partial charge in [0.15, 0.2) is 0 Å². The van der Waals surface area contributed by atoms with Gasteiger partial charge >= 0.3 is 0 Å². The Morgan fingerprint density at radius 2 is 1.57 bits per heavy atom. The molecule has 0 saturated heterocycles. The highest BCUT2D eigenvalue weighted by Crippen LogP contribution is 2.47. The summed E-state index contributed by atoms with van der Waals surface area (Å²) in [5.74, 6) is 0. The molecular weight excluding hydrogens is 238 g/mol. The largest absolute Gasteiger partial charge is 0.332 e. The van der Waals surface area contributed by atoms with Crippen LogP contribution < -0.4 is 0 Å². The Bertz CT molecular complexity index is 135. The molecule has 0 aromatic rings. The van der Waals surface area contributed by atoms with Crippen molar-refractivity contribution in [2.45, 2.75) is 52.9 Å². The maximum absolute atomic E-state index is 5.49. The van der Waals surface area contributed by atoms with Crippen LogP contribution in [0.1, 0.15) is 52.9 Å². The monoisotopic (exact) mass is 258 g/mol. The molecular formula is C10H21Cl2OP. The molecule has 1 nitrogen and oxygen atoms in total. The Labute approximate surface area is 98.9 Å². The first-order valence-corrected chi connectivity index (χ1v) is 8.23. The van der Waals surface area contributed by atoms with E-state index in [1.807, 2.05) is 0 Å². The van der Waals surface area contributed by atoms with Crippen LogP contribution in [0.2, 0.25) is 0 Å². The zero-order valence-electron chi connectivity index (χ0n) is 9.35. The molecule has 0 heterocycles. The SMILES string of the molecule is CC(C)(C)CCCCCCOP(Cl)Cl. The highest BCUT2D eigenvalue weighted by Gasteiger charge is 2.08. The summed E-state index contributed by atoms with van der Waals surface area (Å²) < 4.78 is 5.08. The molecule has 0 spiro atoms. The summed E-state index contributed by atoms with van der Waals surface area (Å²) in [6.07, 6.45) is 6.17. The van der Waals surface area contributed by atoms with Crippen molar-refractivity contribution in [3.63, 3.8) is 0 Å². The van der Waals surface area contributed by atoms with E-state index in [1.54, 1.807) is 0 Å². The summed E-state index contributed by atoms with van der Waals surface area (Å²) in [5, 5.41) is 0. The van der Waals surface area contributed by atoms with Crippen molar-refractivity contribution in [1.29, 1.82) is 0 Å². The summed E-state index contributed by atoms with van der Waals surface area (Å²) in [6, 6.07) is 0. The van der Waals surface area contributed by atoms with Crippen LogP contribution >= 0.6 is 29.3 Å². The topological polar surface area (TPSA) is 9.23 Å². The Kier molecular flexibility index (Phi) is 8.73. The molecule has 0 aromatic heterocycles. The van der Waals surface area contributed by atoms with E-state index in [0.29, 0.717) is 12.0 Å². The predicted octanol–water partition coefficient (Wildman–Crippen LogP) is 5.70. The van der Waals surface area contributed by atoms with E-state index >= 15 is 0 Å². The van der Waals surface area contributed by atoms with Crippen molar-refractivity contribution in [1.82, 2.24) is 0 Å². The second kappa shape index (κ2) is 8.16. The van der Waals surface area contributed by atoms with Crippen molar-refractivity contribution in [2.75, 3.05) is 6.61 Å². The van der Waals surface area contributed by atoms with Gasteiger partial charge in [-0.15, -0.1) is 0 Å². The molecule has 0 saturated carbocycles. The molecule has 0 aliphatic rings. The van der Waals surface area contributed by atoms with E-state index in [1.165, 1.54) is 25.7 Å². The van der Waals surface area contributed by atoms with Crippen molar-refractivity contribution >= 4 is 29.3 Å². The van der Waals surface area contributed by atoms with E-state index in [2.05, 4.69) is 20.8 Å². The molecule has 4 heteroatoms. The fraction of sp³-hybridized carbons (Fsp3) is 1.00. The van der Waals surface area contributed by atoms with Gasteiger partial charge in [0.1, 0.15) is 0 Å². The minimum absolute atomic E-state index is 0.469. The molecule has 14 heavy (non-hydrogen) atoms. The van der Waals surface area contributed by atoms with Gasteiger partial charge in [0.2, 0.25) is 6.85 Å². The lowest BCUT2D eigenvalue weighted by Gasteiger charge is -2.17. The normalized spacial score (nSPS) is 12.4. The van der Waals surface area contributed by atoms with E-state index in [0.717, 1.165) is 6.42 Å². The van der Waals surface area contributed by atoms with Gasteiger partial charge in [0.25, 0.3) is 0 Å². The Hall–Kier alpha value is 0.970. The van der Waals surface area contributed by atoms with Crippen LogP contribution in [0.25, 0.3) is 0 Å². The van der Waals surface area contributed by atoms with Gasteiger partial charge in [-0.25, -0.2) is 0 Å². The number of hydrogen-bond acceptors (Lipinski definition) is 1. The van der Waals surface area contributed by atoms with Gasteiger partial charge in [0.05, 0.1) is 6.61 Å². The van der Waals surface area contributed by atoms with E-state index < -0.39 is 6.85 Å². The van der Waals surface area contributed by atoms with Crippen LogP contribution in [0.4, 0.5) is 0 Å². The van der Waals surface area contributed by atoms with Crippen molar-refractivity contribution in [3.8, 4) is 0 Å². The average Bonchev–Trinajstić information content (AvgIpc) is 2.00. The van der Waals surface area contributed by atoms with Gasteiger partial charge in [-0.2, -0.15) is 0 Å². The molecule has 0 atom stereocenters. The summed E-state index contributed by atoms with van der Waals surface area (Å²) in [7, 11) is 0. The summed E-state index contributed by atoms with van der Waals surface area (Å²) >= 11 is 11.0. The second-order valence-corrected chi connectivity index (χ2v) is 7.78. The highest BCUT2D eigenvalue weighted by atomic mass is 35.9. The number of halogens is 2. The van der Waals surface area contributed by atoms with Crippen LogP contribution in [0.15, 0.2) is 0 Å². The van der Waals surface area contributed by atoms with Gasteiger partial charge < -0.3 is 4.52 Å². The number of hydrogen-bond donors (Lipinski definition) is 0. The molecule has 0 aromatic carbocycles. The van der Waals surface area contributed by atoms with Crippen LogP contribution in [0, 0.1) is 5.41 Å². The van der Waals surface area contributed by atoms with Crippen LogP contribution in [0.5, 0.6) is 0 Å². The Morgan fingerprint density at radius 3 is 2.07 bits per heavy atom. The van der Waals surface area contributed by atoms with Crippen LogP contribution in [0.3, 0.4) is 0 Å². The molecule has 86 valence electrons. The van der Waals surface area contributed by atoms with E-state index in [-0.39, 0.29) is 0 Å². The predicted molar refractivity (Wildman–Crippen MR) is 67.1 cm³/mol. The zero-order chi connectivity index (χ0) is 11.0. The summed E-state index contributed by atoms with van der Waals surface area (Å²) in [6.45, 7) is 6.35. The standard InChI is InChI=1S/C10H21Cl2OP/c1-10(2,3)8-6-4-5-7-9-13-14(11)12/h4-9H2,1-3H3. The van der Waals surface area contributed by atoms with Gasteiger partial charge in [-0.05, 0) is 40.7 Å². The first kappa shape index (κ1) is 15.0. The third-order valence-electron chi connectivity index (χ3n) is 2.01. The Balaban J connectivity index is 3.07. The van der Waals surface area contributed by atoms with Crippen LogP contribution in [-0.4, -0.2) is 6.61 Å². The molecule has 0 rings (SSSR count). The first-order chi connectivity index (χ1) is 6.42. The lowest BCUT2D eigenvalue weighted by Crippen LogP contribution is -2.03. The minimum Gasteiger partial charge on any atom is -0.332 e. The first-order valence-electron chi connectivity index (χ1n) is 5.16. The van der Waals surface area contributed by atoms with Crippen LogP contribution in [-0.2, 0) is 4.52 Å². The molecule has 0 amide bonds. The van der Waals surface area contributed by atoms with Gasteiger partial charge in [-0.3, -0.25) is 0 Å². The number of rotatable bonds is 7. The molecule has 0 aliphatic carbocycles. The smallest absolute Gasteiger partial charge is 0.225 e. The van der Waals surface area contributed by atoms with Crippen molar-refractivity contribution in [3.05, 3.63) is 0 Å². The maximum atomic E-state index is 5.49. The summed E-state index contributed by atoms with van der Waals surface area (Å²) in [5.41, 5.74) is 0.469. The van der Waals surface area contributed by atoms with E-state index in [9.17, 15) is 0 Å². The highest BCUT2D eigenvalue weighted by molar-refractivity contribution is 8.00. The molecule has 0 unspecified atom stereocenters. The lowest BCUT2D eigenvalue weighted by atomic mass is 9.89.